The molecular weight excluding hydrogens is 356 g/mol. The van der Waals surface area contributed by atoms with Crippen LogP contribution in [0, 0.1) is 0 Å². The Morgan fingerprint density at radius 3 is 2.56 bits per heavy atom. The lowest BCUT2D eigenvalue weighted by Gasteiger charge is -2.20. The Bertz CT molecular complexity index is 835. The standard InChI is InChI=1S/C22H24N2O2S/c1-2-26-20-13-7-6-12-19(20)24-22(25)21(17-9-4-3-5-10-17)23-15-14-18-11-8-16-27-18/h3-13,16,21,23H,2,14-15H2,1H3,(H,24,25). The lowest BCUT2D eigenvalue weighted by atomic mass is 10.1. The van der Waals surface area contributed by atoms with Gasteiger partial charge in [0, 0.05) is 11.4 Å². The van der Waals surface area contributed by atoms with E-state index in [1.807, 2.05) is 67.6 Å². The average molecular weight is 381 g/mol. The molecule has 0 aliphatic heterocycles. The molecule has 5 heteroatoms. The van der Waals surface area contributed by atoms with Gasteiger partial charge in [-0.25, -0.2) is 0 Å². The first-order valence-electron chi connectivity index (χ1n) is 9.11. The maximum atomic E-state index is 13.0. The van der Waals surface area contributed by atoms with Crippen molar-refractivity contribution in [3.63, 3.8) is 0 Å². The summed E-state index contributed by atoms with van der Waals surface area (Å²) in [5.74, 6) is 0.582. The Kier molecular flexibility index (Phi) is 7.02. The summed E-state index contributed by atoms with van der Waals surface area (Å²) in [7, 11) is 0. The van der Waals surface area contributed by atoms with Gasteiger partial charge in [-0.05, 0) is 42.5 Å². The van der Waals surface area contributed by atoms with Gasteiger partial charge in [-0.15, -0.1) is 11.3 Å². The number of para-hydroxylation sites is 2. The number of thiophene rings is 1. The van der Waals surface area contributed by atoms with E-state index < -0.39 is 6.04 Å². The van der Waals surface area contributed by atoms with Crippen molar-refractivity contribution in [2.24, 2.45) is 0 Å². The number of nitrogens with one attached hydrogen (secondary N) is 2. The van der Waals surface area contributed by atoms with Gasteiger partial charge >= 0.3 is 0 Å². The van der Waals surface area contributed by atoms with Crippen LogP contribution >= 0.6 is 11.3 Å². The summed E-state index contributed by atoms with van der Waals surface area (Å²) < 4.78 is 5.62. The molecule has 3 aromatic rings. The number of ether oxygens (including phenoxy) is 1. The van der Waals surface area contributed by atoms with Gasteiger partial charge in [0.1, 0.15) is 11.8 Å². The second kappa shape index (κ2) is 9.90. The highest BCUT2D eigenvalue weighted by Gasteiger charge is 2.21. The molecule has 2 aromatic carbocycles. The van der Waals surface area contributed by atoms with Crippen LogP contribution in [0.3, 0.4) is 0 Å². The number of hydrogen-bond donors (Lipinski definition) is 2. The number of rotatable bonds is 9. The fourth-order valence-electron chi connectivity index (χ4n) is 2.86. The van der Waals surface area contributed by atoms with Gasteiger partial charge in [-0.3, -0.25) is 4.79 Å². The van der Waals surface area contributed by atoms with Gasteiger partial charge in [0.2, 0.25) is 5.91 Å². The molecule has 0 saturated heterocycles. The molecule has 0 radical (unpaired) electrons. The zero-order valence-electron chi connectivity index (χ0n) is 15.4. The minimum absolute atomic E-state index is 0.0977. The van der Waals surface area contributed by atoms with Crippen LogP contribution in [0.15, 0.2) is 72.1 Å². The average Bonchev–Trinajstić information content (AvgIpc) is 3.21. The Morgan fingerprint density at radius 2 is 1.81 bits per heavy atom. The first-order chi connectivity index (χ1) is 13.3. The maximum absolute atomic E-state index is 13.0. The summed E-state index contributed by atoms with van der Waals surface area (Å²) in [5, 5.41) is 8.48. The monoisotopic (exact) mass is 380 g/mol. The Hall–Kier alpha value is -2.63. The molecular formula is C22H24N2O2S. The minimum atomic E-state index is -0.430. The first kappa shape index (κ1) is 19.1. The predicted octanol–water partition coefficient (Wildman–Crippen LogP) is 4.66. The van der Waals surface area contributed by atoms with E-state index >= 15 is 0 Å². The Labute approximate surface area is 164 Å². The highest BCUT2D eigenvalue weighted by molar-refractivity contribution is 7.09. The number of amides is 1. The summed E-state index contributed by atoms with van der Waals surface area (Å²) in [5.41, 5.74) is 1.63. The third kappa shape index (κ3) is 5.42. The number of carbonyl (C=O) groups excluding carboxylic acids is 1. The van der Waals surface area contributed by atoms with Gasteiger partial charge in [0.15, 0.2) is 0 Å². The van der Waals surface area contributed by atoms with Gasteiger partial charge < -0.3 is 15.4 Å². The molecule has 0 bridgehead atoms. The number of anilines is 1. The molecule has 140 valence electrons. The van der Waals surface area contributed by atoms with E-state index in [0.29, 0.717) is 18.0 Å². The van der Waals surface area contributed by atoms with Crippen LogP contribution in [0.25, 0.3) is 0 Å². The fraction of sp³-hybridized carbons (Fsp3) is 0.227. The molecule has 0 aliphatic rings. The van der Waals surface area contributed by atoms with Gasteiger partial charge in [0.05, 0.1) is 12.3 Å². The lowest BCUT2D eigenvalue weighted by Crippen LogP contribution is -2.34. The van der Waals surface area contributed by atoms with E-state index in [4.69, 9.17) is 4.74 Å². The van der Waals surface area contributed by atoms with Gasteiger partial charge in [-0.1, -0.05) is 48.5 Å². The van der Waals surface area contributed by atoms with Crippen LogP contribution in [0.2, 0.25) is 0 Å². The van der Waals surface area contributed by atoms with Crippen LogP contribution in [0.4, 0.5) is 5.69 Å². The molecule has 27 heavy (non-hydrogen) atoms. The van der Waals surface area contributed by atoms with Crippen LogP contribution in [0.5, 0.6) is 5.75 Å². The summed E-state index contributed by atoms with van der Waals surface area (Å²) in [6, 6.07) is 21.0. The van der Waals surface area contributed by atoms with Crippen molar-refractivity contribution < 1.29 is 9.53 Å². The summed E-state index contributed by atoms with van der Waals surface area (Å²) in [6.45, 7) is 3.20. The normalized spacial score (nSPS) is 11.7. The molecule has 0 spiro atoms. The zero-order valence-corrected chi connectivity index (χ0v) is 16.2. The van der Waals surface area contributed by atoms with E-state index in [1.54, 1.807) is 11.3 Å². The van der Waals surface area contributed by atoms with Crippen molar-refractivity contribution in [3.05, 3.63) is 82.6 Å². The zero-order chi connectivity index (χ0) is 18.9. The predicted molar refractivity (Wildman–Crippen MR) is 111 cm³/mol. The van der Waals surface area contributed by atoms with Crippen molar-refractivity contribution in [2.45, 2.75) is 19.4 Å². The molecule has 1 aromatic heterocycles. The van der Waals surface area contributed by atoms with E-state index in [-0.39, 0.29) is 5.91 Å². The maximum Gasteiger partial charge on any atom is 0.246 e. The van der Waals surface area contributed by atoms with Crippen LogP contribution in [-0.2, 0) is 11.2 Å². The van der Waals surface area contributed by atoms with Crippen molar-refractivity contribution in [1.29, 1.82) is 0 Å². The van der Waals surface area contributed by atoms with Crippen LogP contribution < -0.4 is 15.4 Å². The SMILES string of the molecule is CCOc1ccccc1NC(=O)C(NCCc1cccs1)c1ccccc1. The lowest BCUT2D eigenvalue weighted by molar-refractivity contribution is -0.118. The van der Waals surface area contributed by atoms with E-state index in [1.165, 1.54) is 4.88 Å². The van der Waals surface area contributed by atoms with Crippen molar-refractivity contribution >= 4 is 22.9 Å². The molecule has 0 fully saturated rings. The summed E-state index contributed by atoms with van der Waals surface area (Å²) >= 11 is 1.73. The Morgan fingerprint density at radius 1 is 1.04 bits per heavy atom. The highest BCUT2D eigenvalue weighted by Crippen LogP contribution is 2.25. The molecule has 1 atom stereocenters. The topological polar surface area (TPSA) is 50.4 Å². The van der Waals surface area contributed by atoms with Crippen LogP contribution in [0.1, 0.15) is 23.4 Å². The number of hydrogen-bond acceptors (Lipinski definition) is 4. The molecule has 3 rings (SSSR count). The van der Waals surface area contributed by atoms with Crippen molar-refractivity contribution in [2.75, 3.05) is 18.5 Å². The summed E-state index contributed by atoms with van der Waals surface area (Å²) in [6.07, 6.45) is 0.893. The highest BCUT2D eigenvalue weighted by atomic mass is 32.1. The molecule has 4 nitrogen and oxygen atoms in total. The smallest absolute Gasteiger partial charge is 0.246 e. The van der Waals surface area contributed by atoms with E-state index in [9.17, 15) is 4.79 Å². The molecule has 2 N–H and O–H groups in total. The van der Waals surface area contributed by atoms with Gasteiger partial charge in [0.25, 0.3) is 0 Å². The second-order valence-corrected chi connectivity index (χ2v) is 7.08. The van der Waals surface area contributed by atoms with Crippen molar-refractivity contribution in [3.8, 4) is 5.75 Å². The van der Waals surface area contributed by atoms with Crippen molar-refractivity contribution in [1.82, 2.24) is 5.32 Å². The van der Waals surface area contributed by atoms with E-state index in [2.05, 4.69) is 22.1 Å². The first-order valence-corrected chi connectivity index (χ1v) is 9.99. The molecule has 1 amide bonds. The van der Waals surface area contributed by atoms with E-state index in [0.717, 1.165) is 18.5 Å². The molecule has 0 aliphatic carbocycles. The molecule has 0 saturated carbocycles. The van der Waals surface area contributed by atoms with Crippen LogP contribution in [-0.4, -0.2) is 19.1 Å². The fourth-order valence-corrected chi connectivity index (χ4v) is 3.57. The van der Waals surface area contributed by atoms with Gasteiger partial charge in [-0.2, -0.15) is 0 Å². The minimum Gasteiger partial charge on any atom is -0.492 e. The molecule has 1 heterocycles. The quantitative estimate of drug-likeness (QED) is 0.568. The summed E-state index contributed by atoms with van der Waals surface area (Å²) in [4.78, 5) is 14.3. The third-order valence-electron chi connectivity index (χ3n) is 4.14. The number of benzene rings is 2. The second-order valence-electron chi connectivity index (χ2n) is 6.05. The largest absolute Gasteiger partial charge is 0.492 e. The molecule has 1 unspecified atom stereocenters. The Balaban J connectivity index is 1.72. The third-order valence-corrected chi connectivity index (χ3v) is 5.08. The number of carbonyl (C=O) groups is 1.